The van der Waals surface area contributed by atoms with Crippen LogP contribution in [0.25, 0.3) is 0 Å². The first-order chi connectivity index (χ1) is 5.78. The first-order valence-corrected chi connectivity index (χ1v) is 5.78. The highest BCUT2D eigenvalue weighted by molar-refractivity contribution is 5.07. The molecule has 0 saturated heterocycles. The summed E-state index contributed by atoms with van der Waals surface area (Å²) < 4.78 is 0. The fourth-order valence-electron chi connectivity index (χ4n) is 3.96. The first kappa shape index (κ1) is 7.41. The van der Waals surface area contributed by atoms with Crippen molar-refractivity contribution in [3.63, 3.8) is 0 Å². The Labute approximate surface area is 75.7 Å². The molecule has 1 spiro atoms. The van der Waals surface area contributed by atoms with Gasteiger partial charge in [0.05, 0.1) is 0 Å². The van der Waals surface area contributed by atoms with E-state index in [1.807, 2.05) is 0 Å². The minimum absolute atomic E-state index is 0.916. The van der Waals surface area contributed by atoms with Crippen LogP contribution >= 0.6 is 0 Å². The number of fused-ring (bicyclic) bond motifs is 1. The number of hydrogen-bond donors (Lipinski definition) is 0. The lowest BCUT2D eigenvalue weighted by Gasteiger charge is -2.19. The molecule has 0 aromatic rings. The molecule has 3 rings (SSSR count). The van der Waals surface area contributed by atoms with Gasteiger partial charge in [0.25, 0.3) is 0 Å². The molecule has 0 aromatic carbocycles. The molecule has 0 heterocycles. The van der Waals surface area contributed by atoms with Crippen LogP contribution in [0.3, 0.4) is 0 Å². The zero-order valence-electron chi connectivity index (χ0n) is 8.18. The Morgan fingerprint density at radius 1 is 1.08 bits per heavy atom. The fraction of sp³-hybridized carbons (Fsp3) is 1.00. The maximum Gasteiger partial charge on any atom is -0.0263 e. The molecule has 12 heavy (non-hydrogen) atoms. The topological polar surface area (TPSA) is 0 Å². The molecule has 3 aliphatic carbocycles. The van der Waals surface area contributed by atoms with E-state index in [-0.39, 0.29) is 0 Å². The highest BCUT2D eigenvalue weighted by Crippen LogP contribution is 2.67. The van der Waals surface area contributed by atoms with Gasteiger partial charge in [-0.3, -0.25) is 0 Å². The van der Waals surface area contributed by atoms with Crippen LogP contribution in [0.1, 0.15) is 51.9 Å². The lowest BCUT2D eigenvalue weighted by atomic mass is 9.86. The molecule has 3 fully saturated rings. The van der Waals surface area contributed by atoms with Crippen molar-refractivity contribution in [3.8, 4) is 0 Å². The SMILES string of the molecule is CC1CCC2CCC3(C2)CC3C1. The highest BCUT2D eigenvalue weighted by Gasteiger charge is 2.57. The lowest BCUT2D eigenvalue weighted by molar-refractivity contribution is 0.317. The van der Waals surface area contributed by atoms with Gasteiger partial charge in [-0.15, -0.1) is 0 Å². The van der Waals surface area contributed by atoms with Crippen molar-refractivity contribution in [2.75, 3.05) is 0 Å². The van der Waals surface area contributed by atoms with Crippen LogP contribution in [0.4, 0.5) is 0 Å². The van der Waals surface area contributed by atoms with Gasteiger partial charge in [-0.2, -0.15) is 0 Å². The van der Waals surface area contributed by atoms with Gasteiger partial charge in [-0.25, -0.2) is 0 Å². The average molecular weight is 164 g/mol. The van der Waals surface area contributed by atoms with Crippen molar-refractivity contribution in [3.05, 3.63) is 0 Å². The quantitative estimate of drug-likeness (QED) is 0.513. The summed E-state index contributed by atoms with van der Waals surface area (Å²) in [5.41, 5.74) is 0.916. The van der Waals surface area contributed by atoms with E-state index in [1.165, 1.54) is 6.42 Å². The van der Waals surface area contributed by atoms with E-state index in [9.17, 15) is 0 Å². The first-order valence-electron chi connectivity index (χ1n) is 5.78. The maximum atomic E-state index is 2.47. The Bertz CT molecular complexity index is 196. The summed E-state index contributed by atoms with van der Waals surface area (Å²) in [6.45, 7) is 2.47. The van der Waals surface area contributed by atoms with Gasteiger partial charge < -0.3 is 0 Å². The van der Waals surface area contributed by atoms with Crippen LogP contribution in [0.15, 0.2) is 0 Å². The molecule has 68 valence electrons. The Hall–Kier alpha value is 0. The van der Waals surface area contributed by atoms with Gasteiger partial charge in [-0.05, 0) is 55.3 Å². The molecule has 0 heteroatoms. The van der Waals surface area contributed by atoms with Crippen LogP contribution in [-0.2, 0) is 0 Å². The predicted octanol–water partition coefficient (Wildman–Crippen LogP) is 3.61. The van der Waals surface area contributed by atoms with Crippen molar-refractivity contribution >= 4 is 0 Å². The molecule has 0 amide bonds. The molecular weight excluding hydrogens is 144 g/mol. The standard InChI is InChI=1S/C12H20/c1-9-2-3-10-4-5-12(7-10)8-11(12)6-9/h9-11H,2-8H2,1H3. The Kier molecular flexibility index (Phi) is 1.40. The molecule has 3 aliphatic rings. The van der Waals surface area contributed by atoms with E-state index < -0.39 is 0 Å². The summed E-state index contributed by atoms with van der Waals surface area (Å²) in [4.78, 5) is 0. The monoisotopic (exact) mass is 164 g/mol. The Balaban J connectivity index is 1.80. The third kappa shape index (κ3) is 0.963. The van der Waals surface area contributed by atoms with Gasteiger partial charge in [0.2, 0.25) is 0 Å². The van der Waals surface area contributed by atoms with Gasteiger partial charge in [-0.1, -0.05) is 19.8 Å². The van der Waals surface area contributed by atoms with E-state index >= 15 is 0 Å². The second-order valence-corrected chi connectivity index (χ2v) is 5.79. The predicted molar refractivity (Wildman–Crippen MR) is 50.9 cm³/mol. The summed E-state index contributed by atoms with van der Waals surface area (Å²) >= 11 is 0. The Morgan fingerprint density at radius 2 is 2.00 bits per heavy atom. The van der Waals surface area contributed by atoms with E-state index in [0.717, 1.165) is 23.2 Å². The molecule has 3 saturated carbocycles. The van der Waals surface area contributed by atoms with Gasteiger partial charge in [0.1, 0.15) is 0 Å². The van der Waals surface area contributed by atoms with Gasteiger partial charge >= 0.3 is 0 Å². The zero-order valence-corrected chi connectivity index (χ0v) is 8.18. The molecule has 0 nitrogen and oxygen atoms in total. The molecule has 4 unspecified atom stereocenters. The van der Waals surface area contributed by atoms with Crippen LogP contribution in [0, 0.1) is 23.2 Å². The highest BCUT2D eigenvalue weighted by atomic mass is 14.6. The maximum absolute atomic E-state index is 2.47. The second kappa shape index (κ2) is 2.27. The van der Waals surface area contributed by atoms with Crippen LogP contribution in [0.5, 0.6) is 0 Å². The van der Waals surface area contributed by atoms with Crippen LogP contribution < -0.4 is 0 Å². The molecule has 2 bridgehead atoms. The van der Waals surface area contributed by atoms with Crippen LogP contribution in [-0.4, -0.2) is 0 Å². The minimum atomic E-state index is 0.916. The van der Waals surface area contributed by atoms with Crippen molar-refractivity contribution in [2.45, 2.75) is 51.9 Å². The summed E-state index contributed by atoms with van der Waals surface area (Å²) in [5, 5.41) is 0. The fourth-order valence-corrected chi connectivity index (χ4v) is 3.96. The molecule has 0 radical (unpaired) electrons. The summed E-state index contributed by atoms with van der Waals surface area (Å²) in [6, 6.07) is 0. The van der Waals surface area contributed by atoms with Crippen molar-refractivity contribution in [2.24, 2.45) is 23.2 Å². The second-order valence-electron chi connectivity index (χ2n) is 5.79. The van der Waals surface area contributed by atoms with E-state index in [4.69, 9.17) is 0 Å². The molecule has 4 atom stereocenters. The molecule has 0 aliphatic heterocycles. The summed E-state index contributed by atoms with van der Waals surface area (Å²) in [7, 11) is 0. The van der Waals surface area contributed by atoms with Gasteiger partial charge in [0, 0.05) is 0 Å². The molecule has 0 N–H and O–H groups in total. The van der Waals surface area contributed by atoms with Gasteiger partial charge in [0.15, 0.2) is 0 Å². The number of hydrogen-bond acceptors (Lipinski definition) is 0. The third-order valence-electron chi connectivity index (χ3n) is 4.86. The number of rotatable bonds is 0. The smallest absolute Gasteiger partial charge is 0.0263 e. The summed E-state index contributed by atoms with van der Waals surface area (Å²) in [5.74, 6) is 3.34. The average Bonchev–Trinajstić information content (AvgIpc) is 2.51. The summed E-state index contributed by atoms with van der Waals surface area (Å²) in [6.07, 6.45) is 11.0. The largest absolute Gasteiger partial charge is 0.0625 e. The van der Waals surface area contributed by atoms with E-state index in [2.05, 4.69) is 6.92 Å². The zero-order chi connectivity index (χ0) is 8.18. The molecular formula is C12H20. The van der Waals surface area contributed by atoms with Crippen molar-refractivity contribution in [1.29, 1.82) is 0 Å². The third-order valence-corrected chi connectivity index (χ3v) is 4.86. The van der Waals surface area contributed by atoms with Crippen LogP contribution in [0.2, 0.25) is 0 Å². The van der Waals surface area contributed by atoms with Crippen molar-refractivity contribution < 1.29 is 0 Å². The normalized spacial score (nSPS) is 57.2. The van der Waals surface area contributed by atoms with E-state index in [1.54, 1.807) is 38.5 Å². The lowest BCUT2D eigenvalue weighted by Crippen LogP contribution is -2.08. The van der Waals surface area contributed by atoms with E-state index in [0.29, 0.717) is 0 Å². The molecule has 0 aromatic heterocycles. The Morgan fingerprint density at radius 3 is 2.92 bits per heavy atom. The minimum Gasteiger partial charge on any atom is -0.0625 e. The van der Waals surface area contributed by atoms with Crippen molar-refractivity contribution in [1.82, 2.24) is 0 Å².